The van der Waals surface area contributed by atoms with Crippen LogP contribution in [-0.4, -0.2) is 42.9 Å². The number of fused-ring (bicyclic) bond motifs is 3. The van der Waals surface area contributed by atoms with E-state index in [9.17, 15) is 14.7 Å². The summed E-state index contributed by atoms with van der Waals surface area (Å²) in [5, 5.41) is 20.4. The molecule has 0 radical (unpaired) electrons. The number of hydrogen-bond donors (Lipinski definition) is 2. The molecular formula is C31H23N5O3. The second kappa shape index (κ2) is 9.04. The van der Waals surface area contributed by atoms with E-state index in [-0.39, 0.29) is 17.8 Å². The number of carbonyl (C=O) groups is 2. The van der Waals surface area contributed by atoms with Crippen molar-refractivity contribution in [2.75, 3.05) is 6.61 Å². The Kier molecular flexibility index (Phi) is 5.35. The van der Waals surface area contributed by atoms with Gasteiger partial charge in [0.25, 0.3) is 11.8 Å². The van der Waals surface area contributed by atoms with E-state index in [1.807, 2.05) is 65.4 Å². The lowest BCUT2D eigenvalue weighted by molar-refractivity contribution is -0.122. The summed E-state index contributed by atoms with van der Waals surface area (Å²) in [5.74, 6) is -0.950. The number of aliphatic hydroxyl groups is 1. The van der Waals surface area contributed by atoms with Crippen molar-refractivity contribution >= 4 is 55.7 Å². The second-order valence-electron chi connectivity index (χ2n) is 9.52. The molecule has 0 atom stereocenters. The minimum absolute atomic E-state index is 0.0255. The van der Waals surface area contributed by atoms with Crippen LogP contribution in [0.1, 0.15) is 17.7 Å². The maximum Gasteiger partial charge on any atom is 0.261 e. The van der Waals surface area contributed by atoms with E-state index in [0.717, 1.165) is 32.7 Å². The summed E-state index contributed by atoms with van der Waals surface area (Å²) >= 11 is 0. The molecule has 8 heteroatoms. The Morgan fingerprint density at radius 2 is 1.59 bits per heavy atom. The molecule has 4 heterocycles. The molecule has 0 saturated heterocycles. The summed E-state index contributed by atoms with van der Waals surface area (Å²) in [6.07, 6.45) is 4.11. The fraction of sp³-hybridized carbons (Fsp3) is 0.0968. The third kappa shape index (κ3) is 3.65. The summed E-state index contributed by atoms with van der Waals surface area (Å²) in [5.41, 5.74) is 3.97. The van der Waals surface area contributed by atoms with Crippen molar-refractivity contribution in [3.63, 3.8) is 0 Å². The highest BCUT2D eigenvalue weighted by atomic mass is 16.3. The summed E-state index contributed by atoms with van der Waals surface area (Å²) in [4.78, 5) is 31.3. The van der Waals surface area contributed by atoms with Crippen molar-refractivity contribution in [3.05, 3.63) is 103 Å². The van der Waals surface area contributed by atoms with Crippen LogP contribution in [0.5, 0.6) is 0 Å². The Bertz CT molecular complexity index is 1980. The number of rotatable bonds is 6. The summed E-state index contributed by atoms with van der Waals surface area (Å²) in [7, 11) is 0. The van der Waals surface area contributed by atoms with Crippen molar-refractivity contribution in [1.82, 2.24) is 24.6 Å². The van der Waals surface area contributed by atoms with Crippen molar-refractivity contribution in [1.29, 1.82) is 0 Å². The van der Waals surface area contributed by atoms with E-state index in [0.29, 0.717) is 29.9 Å². The lowest BCUT2D eigenvalue weighted by Crippen LogP contribution is -2.22. The van der Waals surface area contributed by atoms with E-state index in [2.05, 4.69) is 34.6 Å². The molecule has 0 aliphatic carbocycles. The van der Waals surface area contributed by atoms with Crippen LogP contribution in [0, 0.1) is 0 Å². The Balaban J connectivity index is 1.48. The van der Waals surface area contributed by atoms with Crippen molar-refractivity contribution < 1.29 is 14.7 Å². The normalized spacial score (nSPS) is 13.8. The Morgan fingerprint density at radius 1 is 0.821 bits per heavy atom. The summed E-state index contributed by atoms with van der Waals surface area (Å²) < 4.78 is 3.73. The van der Waals surface area contributed by atoms with Gasteiger partial charge < -0.3 is 9.67 Å². The zero-order valence-electron chi connectivity index (χ0n) is 20.8. The van der Waals surface area contributed by atoms with Crippen molar-refractivity contribution in [3.8, 4) is 5.69 Å². The molecule has 2 N–H and O–H groups in total. The molecule has 6 aromatic rings. The van der Waals surface area contributed by atoms with Gasteiger partial charge in [-0.05, 0) is 47.5 Å². The number of aliphatic hydroxyl groups excluding tert-OH is 1. The van der Waals surface area contributed by atoms with Gasteiger partial charge in [0.1, 0.15) is 11.3 Å². The second-order valence-corrected chi connectivity index (χ2v) is 9.52. The topological polar surface area (TPSA) is 102 Å². The van der Waals surface area contributed by atoms with Crippen molar-refractivity contribution in [2.24, 2.45) is 0 Å². The van der Waals surface area contributed by atoms with E-state index >= 15 is 0 Å². The fourth-order valence-electron chi connectivity index (χ4n) is 5.42. The average Bonchev–Trinajstić information content (AvgIpc) is 3.62. The molecule has 1 aliphatic rings. The largest absolute Gasteiger partial charge is 0.396 e. The van der Waals surface area contributed by atoms with Gasteiger partial charge in [0.15, 0.2) is 0 Å². The molecule has 0 spiro atoms. The van der Waals surface area contributed by atoms with Crippen LogP contribution in [-0.2, 0) is 16.1 Å². The van der Waals surface area contributed by atoms with Crippen LogP contribution in [0.4, 0.5) is 0 Å². The van der Waals surface area contributed by atoms with Crippen LogP contribution in [0.25, 0.3) is 49.5 Å². The van der Waals surface area contributed by atoms with E-state index < -0.39 is 11.8 Å². The maximum absolute atomic E-state index is 13.4. The standard InChI is InChI=1S/C31H23N5O3/c37-16-6-15-36-25-11-4-3-9-23(25)28(34-36)27-26(30(38)33-31(27)39)24-18-35(29-22(24)10-5-14-32-29)21-13-12-19-7-1-2-8-20(19)17-21/h1-5,7-14,17-18,37H,6,15-16H2,(H,33,38,39). The predicted octanol–water partition coefficient (Wildman–Crippen LogP) is 4.48. The van der Waals surface area contributed by atoms with Gasteiger partial charge in [-0.1, -0.05) is 48.5 Å². The minimum Gasteiger partial charge on any atom is -0.396 e. The highest BCUT2D eigenvalue weighted by molar-refractivity contribution is 6.50. The number of carbonyl (C=O) groups excluding carboxylic acids is 2. The molecule has 0 bridgehead atoms. The Hall–Kier alpha value is -5.08. The molecule has 39 heavy (non-hydrogen) atoms. The molecule has 190 valence electrons. The summed E-state index contributed by atoms with van der Waals surface area (Å²) in [6.45, 7) is 0.512. The first-order valence-electron chi connectivity index (χ1n) is 12.8. The molecular weight excluding hydrogens is 490 g/mol. The average molecular weight is 514 g/mol. The third-order valence-electron chi connectivity index (χ3n) is 7.20. The molecule has 3 aromatic carbocycles. The first-order valence-corrected chi connectivity index (χ1v) is 12.8. The number of aryl methyl sites for hydroxylation is 1. The number of nitrogens with zero attached hydrogens (tertiary/aromatic N) is 4. The number of hydrogen-bond acceptors (Lipinski definition) is 5. The molecule has 7 rings (SSSR count). The Morgan fingerprint density at radius 3 is 2.46 bits per heavy atom. The maximum atomic E-state index is 13.4. The lowest BCUT2D eigenvalue weighted by atomic mass is 9.98. The van der Waals surface area contributed by atoms with E-state index in [4.69, 9.17) is 5.10 Å². The smallest absolute Gasteiger partial charge is 0.261 e. The number of para-hydroxylation sites is 1. The number of imide groups is 1. The highest BCUT2D eigenvalue weighted by Crippen LogP contribution is 2.38. The van der Waals surface area contributed by atoms with Crippen LogP contribution >= 0.6 is 0 Å². The zero-order valence-corrected chi connectivity index (χ0v) is 20.8. The van der Waals surface area contributed by atoms with Gasteiger partial charge in [-0.25, -0.2) is 4.98 Å². The number of aromatic nitrogens is 4. The van der Waals surface area contributed by atoms with Crippen molar-refractivity contribution in [2.45, 2.75) is 13.0 Å². The monoisotopic (exact) mass is 513 g/mol. The summed E-state index contributed by atoms with van der Waals surface area (Å²) in [6, 6.07) is 25.6. The molecule has 0 fully saturated rings. The predicted molar refractivity (Wildman–Crippen MR) is 150 cm³/mol. The van der Waals surface area contributed by atoms with Crippen LogP contribution in [0.15, 0.2) is 91.3 Å². The van der Waals surface area contributed by atoms with Gasteiger partial charge >= 0.3 is 0 Å². The molecule has 8 nitrogen and oxygen atoms in total. The first kappa shape index (κ1) is 23.1. The fourth-order valence-corrected chi connectivity index (χ4v) is 5.42. The van der Waals surface area contributed by atoms with Gasteiger partial charge in [-0.2, -0.15) is 5.10 Å². The number of pyridine rings is 1. The number of benzene rings is 3. The Labute approximate surface area is 222 Å². The molecule has 0 saturated carbocycles. The molecule has 3 aromatic heterocycles. The van der Waals surface area contributed by atoms with Gasteiger partial charge in [0, 0.05) is 47.6 Å². The lowest BCUT2D eigenvalue weighted by Gasteiger charge is -2.06. The zero-order chi connectivity index (χ0) is 26.5. The SMILES string of the molecule is O=C1NC(=O)C(c2nn(CCCO)c3ccccc23)=C1c1cn(-c2ccc3ccccc3c2)c2ncccc12. The van der Waals surface area contributed by atoms with Gasteiger partial charge in [0.2, 0.25) is 0 Å². The van der Waals surface area contributed by atoms with E-state index in [1.165, 1.54) is 0 Å². The number of nitrogens with one attached hydrogen (secondary N) is 1. The van der Waals surface area contributed by atoms with Crippen LogP contribution in [0.3, 0.4) is 0 Å². The van der Waals surface area contributed by atoms with Gasteiger partial charge in [0.05, 0.1) is 16.7 Å². The molecule has 2 amide bonds. The highest BCUT2D eigenvalue weighted by Gasteiger charge is 2.36. The number of amides is 2. The van der Waals surface area contributed by atoms with E-state index in [1.54, 1.807) is 10.9 Å². The minimum atomic E-state index is -0.483. The third-order valence-corrected chi connectivity index (χ3v) is 7.20. The van der Waals surface area contributed by atoms with Gasteiger partial charge in [-0.15, -0.1) is 0 Å². The van der Waals surface area contributed by atoms with Crippen LogP contribution in [0.2, 0.25) is 0 Å². The van der Waals surface area contributed by atoms with Gasteiger partial charge in [-0.3, -0.25) is 19.6 Å². The quantitative estimate of drug-likeness (QED) is 0.320. The molecule has 1 aliphatic heterocycles. The van der Waals surface area contributed by atoms with Crippen LogP contribution < -0.4 is 5.32 Å². The first-order chi connectivity index (χ1) is 19.1. The molecule has 0 unspecified atom stereocenters.